The highest BCUT2D eigenvalue weighted by molar-refractivity contribution is 9.10. The Hall–Kier alpha value is -0.390. The van der Waals surface area contributed by atoms with Gasteiger partial charge in [0.2, 0.25) is 0 Å². The van der Waals surface area contributed by atoms with Crippen LogP contribution in [0.3, 0.4) is 0 Å². The van der Waals surface area contributed by atoms with Crippen LogP contribution in [0.4, 0.5) is 0 Å². The number of nitrogens with zero attached hydrogens (tertiary/aromatic N) is 1. The van der Waals surface area contributed by atoms with E-state index in [2.05, 4.69) is 28.2 Å². The highest BCUT2D eigenvalue weighted by Gasteiger charge is 2.23. The van der Waals surface area contributed by atoms with Crippen molar-refractivity contribution < 1.29 is 4.79 Å². The van der Waals surface area contributed by atoms with Crippen LogP contribution in [0.5, 0.6) is 0 Å². The zero-order valence-corrected chi connectivity index (χ0v) is 13.7. The lowest BCUT2D eigenvalue weighted by Crippen LogP contribution is -2.39. The molecule has 0 spiro atoms. The third kappa shape index (κ3) is 4.04. The van der Waals surface area contributed by atoms with Gasteiger partial charge < -0.3 is 10.2 Å². The zero-order chi connectivity index (χ0) is 13.7. The molecule has 2 rings (SSSR count). The number of hydrogen-bond acceptors (Lipinski definition) is 3. The minimum atomic E-state index is 0.183. The molecule has 0 aliphatic carbocycles. The molecule has 5 heteroatoms. The second-order valence-corrected chi connectivity index (χ2v) is 6.81. The molecule has 3 nitrogen and oxygen atoms in total. The Morgan fingerprint density at radius 1 is 1.53 bits per heavy atom. The molecular formula is C14H21BrN2OS. The lowest BCUT2D eigenvalue weighted by molar-refractivity contribution is 0.0720. The largest absolute Gasteiger partial charge is 0.338 e. The van der Waals surface area contributed by atoms with Crippen LogP contribution < -0.4 is 5.32 Å². The minimum Gasteiger partial charge on any atom is -0.338 e. The van der Waals surface area contributed by atoms with Gasteiger partial charge in [0.15, 0.2) is 0 Å². The molecule has 1 aliphatic heterocycles. The van der Waals surface area contributed by atoms with Crippen LogP contribution in [0, 0.1) is 5.92 Å². The molecule has 0 atom stereocenters. The molecule has 2 heterocycles. The number of halogens is 1. The number of nitrogens with one attached hydrogen (secondary N) is 1. The molecular weight excluding hydrogens is 324 g/mol. The van der Waals surface area contributed by atoms with E-state index in [-0.39, 0.29) is 5.91 Å². The fraction of sp³-hybridized carbons (Fsp3) is 0.643. The van der Waals surface area contributed by atoms with Gasteiger partial charge in [-0.25, -0.2) is 0 Å². The molecule has 1 saturated heterocycles. The van der Waals surface area contributed by atoms with Gasteiger partial charge in [0.25, 0.3) is 5.91 Å². The summed E-state index contributed by atoms with van der Waals surface area (Å²) >= 11 is 4.99. The van der Waals surface area contributed by atoms with Crippen molar-refractivity contribution >= 4 is 33.2 Å². The Morgan fingerprint density at radius 3 is 2.84 bits per heavy atom. The van der Waals surface area contributed by atoms with Gasteiger partial charge in [0.05, 0.1) is 0 Å². The third-order valence-electron chi connectivity index (χ3n) is 3.53. The zero-order valence-electron chi connectivity index (χ0n) is 11.3. The summed E-state index contributed by atoms with van der Waals surface area (Å²) < 4.78 is 0.925. The van der Waals surface area contributed by atoms with E-state index in [1.807, 2.05) is 16.3 Å². The fourth-order valence-corrected chi connectivity index (χ4v) is 4.02. The van der Waals surface area contributed by atoms with Crippen molar-refractivity contribution in [3.63, 3.8) is 0 Å². The first kappa shape index (κ1) is 15.0. The minimum absolute atomic E-state index is 0.183. The van der Waals surface area contributed by atoms with Crippen LogP contribution >= 0.6 is 27.3 Å². The van der Waals surface area contributed by atoms with Crippen LogP contribution in [0.2, 0.25) is 0 Å². The molecule has 106 valence electrons. The number of hydrogen-bond donors (Lipinski definition) is 1. The number of rotatable bonds is 5. The van der Waals surface area contributed by atoms with Crippen molar-refractivity contribution in [2.24, 2.45) is 5.92 Å². The third-order valence-corrected chi connectivity index (χ3v) is 5.36. The van der Waals surface area contributed by atoms with Gasteiger partial charge in [-0.2, -0.15) is 0 Å². The number of carbonyl (C=O) groups excluding carboxylic acids is 1. The number of amides is 1. The van der Waals surface area contributed by atoms with Crippen LogP contribution in [-0.4, -0.2) is 37.0 Å². The average Bonchev–Trinajstić information content (AvgIpc) is 2.85. The molecule has 1 aromatic heterocycles. The molecule has 19 heavy (non-hydrogen) atoms. The van der Waals surface area contributed by atoms with Gasteiger partial charge >= 0.3 is 0 Å². The Morgan fingerprint density at radius 2 is 2.26 bits per heavy atom. The molecule has 0 aromatic carbocycles. The topological polar surface area (TPSA) is 32.3 Å². The molecule has 0 saturated carbocycles. The SMILES string of the molecule is CCCN(CC1CCNCC1)C(=O)c1sccc1Br. The Bertz CT molecular complexity index is 415. The van der Waals surface area contributed by atoms with E-state index >= 15 is 0 Å². The molecule has 1 amide bonds. The highest BCUT2D eigenvalue weighted by atomic mass is 79.9. The summed E-state index contributed by atoms with van der Waals surface area (Å²) in [5.74, 6) is 0.831. The van der Waals surface area contributed by atoms with Crippen molar-refractivity contribution in [2.45, 2.75) is 26.2 Å². The average molecular weight is 345 g/mol. The van der Waals surface area contributed by atoms with Crippen molar-refractivity contribution in [2.75, 3.05) is 26.2 Å². The molecule has 1 fully saturated rings. The van der Waals surface area contributed by atoms with Gasteiger partial charge in [-0.05, 0) is 65.6 Å². The number of carbonyl (C=O) groups is 1. The van der Waals surface area contributed by atoms with E-state index in [1.165, 1.54) is 24.2 Å². The summed E-state index contributed by atoms with van der Waals surface area (Å²) in [6.07, 6.45) is 3.37. The van der Waals surface area contributed by atoms with Gasteiger partial charge in [-0.1, -0.05) is 6.92 Å². The molecule has 0 radical (unpaired) electrons. The Balaban J connectivity index is 2.02. The Labute approximate surface area is 127 Å². The summed E-state index contributed by atoms with van der Waals surface area (Å²) in [7, 11) is 0. The number of thiophene rings is 1. The number of piperidine rings is 1. The summed E-state index contributed by atoms with van der Waals surface area (Å²) in [5, 5.41) is 5.34. The molecule has 1 aromatic rings. The quantitative estimate of drug-likeness (QED) is 0.888. The van der Waals surface area contributed by atoms with Crippen molar-refractivity contribution in [1.82, 2.24) is 10.2 Å². The Kier molecular flexibility index (Phi) is 5.85. The van der Waals surface area contributed by atoms with Gasteiger partial charge in [-0.3, -0.25) is 4.79 Å². The molecule has 0 bridgehead atoms. The van der Waals surface area contributed by atoms with Crippen LogP contribution in [0.25, 0.3) is 0 Å². The summed E-state index contributed by atoms with van der Waals surface area (Å²) in [6, 6.07) is 1.95. The first-order valence-corrected chi connectivity index (χ1v) is 8.62. The summed E-state index contributed by atoms with van der Waals surface area (Å²) in [5.41, 5.74) is 0. The lowest BCUT2D eigenvalue weighted by Gasteiger charge is -2.30. The van der Waals surface area contributed by atoms with E-state index in [4.69, 9.17) is 0 Å². The van der Waals surface area contributed by atoms with Crippen LogP contribution in [0.1, 0.15) is 35.9 Å². The van der Waals surface area contributed by atoms with Crippen LogP contribution in [-0.2, 0) is 0 Å². The van der Waals surface area contributed by atoms with E-state index in [1.54, 1.807) is 0 Å². The predicted molar refractivity (Wildman–Crippen MR) is 83.8 cm³/mol. The second kappa shape index (κ2) is 7.41. The van der Waals surface area contributed by atoms with E-state index in [0.717, 1.165) is 41.9 Å². The standard InChI is InChI=1S/C14H21BrN2OS/c1-2-8-17(10-11-3-6-16-7-4-11)14(18)13-12(15)5-9-19-13/h5,9,11,16H,2-4,6-8,10H2,1H3. The maximum absolute atomic E-state index is 12.6. The first-order chi connectivity index (χ1) is 9.22. The molecule has 0 unspecified atom stereocenters. The highest BCUT2D eigenvalue weighted by Crippen LogP contribution is 2.25. The van der Waals surface area contributed by atoms with E-state index in [9.17, 15) is 4.79 Å². The van der Waals surface area contributed by atoms with Crippen molar-refractivity contribution in [3.8, 4) is 0 Å². The molecule has 1 aliphatic rings. The summed E-state index contributed by atoms with van der Waals surface area (Å²) in [6.45, 7) is 6.06. The normalized spacial score (nSPS) is 16.5. The van der Waals surface area contributed by atoms with Gasteiger partial charge in [-0.15, -0.1) is 11.3 Å². The maximum atomic E-state index is 12.6. The van der Waals surface area contributed by atoms with Crippen LogP contribution in [0.15, 0.2) is 15.9 Å². The van der Waals surface area contributed by atoms with Crippen molar-refractivity contribution in [3.05, 3.63) is 20.8 Å². The predicted octanol–water partition coefficient (Wildman–Crippen LogP) is 3.36. The van der Waals surface area contributed by atoms with E-state index in [0.29, 0.717) is 5.92 Å². The van der Waals surface area contributed by atoms with Crippen molar-refractivity contribution in [1.29, 1.82) is 0 Å². The first-order valence-electron chi connectivity index (χ1n) is 6.95. The van der Waals surface area contributed by atoms with Gasteiger partial charge in [0.1, 0.15) is 4.88 Å². The summed E-state index contributed by atoms with van der Waals surface area (Å²) in [4.78, 5) is 15.5. The second-order valence-electron chi connectivity index (χ2n) is 5.04. The monoisotopic (exact) mass is 344 g/mol. The smallest absolute Gasteiger partial charge is 0.265 e. The molecule has 1 N–H and O–H groups in total. The fourth-order valence-electron chi connectivity index (χ4n) is 2.51. The lowest BCUT2D eigenvalue weighted by atomic mass is 9.97. The van der Waals surface area contributed by atoms with Gasteiger partial charge in [0, 0.05) is 17.6 Å². The maximum Gasteiger partial charge on any atom is 0.265 e. The van der Waals surface area contributed by atoms with E-state index < -0.39 is 0 Å².